The molecule has 0 bridgehead atoms. The molecule has 0 aliphatic carbocycles. The van der Waals surface area contributed by atoms with Gasteiger partial charge in [-0.25, -0.2) is 9.18 Å². The molecule has 0 fully saturated rings. The van der Waals surface area contributed by atoms with Crippen LogP contribution in [0, 0.1) is 5.82 Å². The van der Waals surface area contributed by atoms with Crippen molar-refractivity contribution in [3.05, 3.63) is 35.6 Å². The third-order valence-corrected chi connectivity index (χ3v) is 1.95. The highest BCUT2D eigenvalue weighted by Crippen LogP contribution is 2.15. The van der Waals surface area contributed by atoms with E-state index in [-0.39, 0.29) is 12.0 Å². The van der Waals surface area contributed by atoms with E-state index in [0.717, 1.165) is 6.92 Å². The van der Waals surface area contributed by atoms with Crippen LogP contribution in [-0.2, 0) is 11.2 Å². The molecule has 0 saturated carbocycles. The monoisotopic (exact) mass is 198 g/mol. The lowest BCUT2D eigenvalue weighted by Crippen LogP contribution is -2.37. The highest BCUT2D eigenvalue weighted by atomic mass is 19.1. The second-order valence-electron chi connectivity index (χ2n) is 3.35. The molecule has 0 aliphatic heterocycles. The first-order valence-corrected chi connectivity index (χ1v) is 4.12. The Bertz CT molecular complexity index is 347. The zero-order valence-corrected chi connectivity index (χ0v) is 7.70. The van der Waals surface area contributed by atoms with Gasteiger partial charge in [-0.2, -0.15) is 0 Å². The molecular formula is C10H11FO3. The molecule has 1 aromatic carbocycles. The number of rotatable bonds is 3. The van der Waals surface area contributed by atoms with Gasteiger partial charge in [0.2, 0.25) is 0 Å². The number of aliphatic carboxylic acids is 1. The second-order valence-corrected chi connectivity index (χ2v) is 3.35. The molecule has 1 atom stereocenters. The minimum Gasteiger partial charge on any atom is -0.479 e. The standard InChI is InChI=1S/C10H11FO3/c1-10(14,9(12)13)6-7-4-2-3-5-8(7)11/h2-5,14H,6H2,1H3,(H,12,13)/t10-/m0/s1. The summed E-state index contributed by atoms with van der Waals surface area (Å²) in [6.45, 7) is 1.14. The zero-order chi connectivity index (χ0) is 10.8. The summed E-state index contributed by atoms with van der Waals surface area (Å²) in [5.41, 5.74) is -1.73. The molecule has 0 unspecified atom stereocenters. The van der Waals surface area contributed by atoms with Crippen LogP contribution in [0.5, 0.6) is 0 Å². The maximum absolute atomic E-state index is 13.1. The second kappa shape index (κ2) is 3.75. The largest absolute Gasteiger partial charge is 0.479 e. The third-order valence-electron chi connectivity index (χ3n) is 1.95. The lowest BCUT2D eigenvalue weighted by molar-refractivity contribution is -0.156. The Balaban J connectivity index is 2.89. The first-order valence-electron chi connectivity index (χ1n) is 4.12. The minimum atomic E-state index is -1.93. The first-order chi connectivity index (χ1) is 6.43. The van der Waals surface area contributed by atoms with Gasteiger partial charge in [0, 0.05) is 6.42 Å². The predicted octanol–water partition coefficient (Wildman–Crippen LogP) is 1.20. The van der Waals surface area contributed by atoms with Gasteiger partial charge in [0.05, 0.1) is 0 Å². The number of halogens is 1. The topological polar surface area (TPSA) is 57.5 Å². The number of carboxylic acids is 1. The van der Waals surface area contributed by atoms with Crippen molar-refractivity contribution in [2.24, 2.45) is 0 Å². The summed E-state index contributed by atoms with van der Waals surface area (Å²) < 4.78 is 13.1. The molecule has 0 aliphatic rings. The Hall–Kier alpha value is -1.42. The van der Waals surface area contributed by atoms with Crippen molar-refractivity contribution in [2.75, 3.05) is 0 Å². The van der Waals surface area contributed by atoms with Crippen LogP contribution in [0.3, 0.4) is 0 Å². The van der Waals surface area contributed by atoms with Crippen LogP contribution < -0.4 is 0 Å². The number of carboxylic acid groups (broad SMARTS) is 1. The van der Waals surface area contributed by atoms with Gasteiger partial charge in [-0.05, 0) is 18.6 Å². The summed E-state index contributed by atoms with van der Waals surface area (Å²) >= 11 is 0. The van der Waals surface area contributed by atoms with Gasteiger partial charge < -0.3 is 10.2 Å². The minimum absolute atomic E-state index is 0.194. The van der Waals surface area contributed by atoms with Crippen molar-refractivity contribution in [1.29, 1.82) is 0 Å². The van der Waals surface area contributed by atoms with Crippen molar-refractivity contribution in [1.82, 2.24) is 0 Å². The summed E-state index contributed by atoms with van der Waals surface area (Å²) in [7, 11) is 0. The van der Waals surface area contributed by atoms with E-state index in [2.05, 4.69) is 0 Å². The van der Waals surface area contributed by atoms with E-state index in [1.165, 1.54) is 18.2 Å². The fourth-order valence-corrected chi connectivity index (χ4v) is 1.09. The number of benzene rings is 1. The van der Waals surface area contributed by atoms with Crippen molar-refractivity contribution in [3.63, 3.8) is 0 Å². The molecule has 4 heteroatoms. The van der Waals surface area contributed by atoms with Crippen molar-refractivity contribution >= 4 is 5.97 Å². The third kappa shape index (κ3) is 2.29. The summed E-state index contributed by atoms with van der Waals surface area (Å²) in [6.07, 6.45) is -0.241. The van der Waals surface area contributed by atoms with Crippen LogP contribution in [0.4, 0.5) is 4.39 Å². The molecular weight excluding hydrogens is 187 g/mol. The Morgan fingerprint density at radius 1 is 1.50 bits per heavy atom. The summed E-state index contributed by atoms with van der Waals surface area (Å²) in [5.74, 6) is -1.87. The molecule has 0 amide bonds. The average molecular weight is 198 g/mol. The SMILES string of the molecule is C[C@](O)(Cc1ccccc1F)C(=O)O. The van der Waals surface area contributed by atoms with Crippen LogP contribution in [0.1, 0.15) is 12.5 Å². The first kappa shape index (κ1) is 10.7. The Kier molecular flexibility index (Phi) is 2.86. The predicted molar refractivity (Wildman–Crippen MR) is 48.4 cm³/mol. The smallest absolute Gasteiger partial charge is 0.335 e. The molecule has 0 radical (unpaired) electrons. The van der Waals surface area contributed by atoms with Crippen molar-refractivity contribution < 1.29 is 19.4 Å². The summed E-state index contributed by atoms with van der Waals surface area (Å²) in [6, 6.07) is 5.78. The lowest BCUT2D eigenvalue weighted by atomic mass is 9.96. The fourth-order valence-electron chi connectivity index (χ4n) is 1.09. The molecule has 1 aromatic rings. The summed E-state index contributed by atoms with van der Waals surface area (Å²) in [5, 5.41) is 18.0. The molecule has 0 aromatic heterocycles. The highest BCUT2D eigenvalue weighted by molar-refractivity contribution is 5.76. The van der Waals surface area contributed by atoms with Crippen LogP contribution >= 0.6 is 0 Å². The molecule has 3 nitrogen and oxygen atoms in total. The Morgan fingerprint density at radius 2 is 2.07 bits per heavy atom. The normalized spacial score (nSPS) is 14.8. The van der Waals surface area contributed by atoms with Crippen molar-refractivity contribution in [2.45, 2.75) is 18.9 Å². The van der Waals surface area contributed by atoms with Crippen LogP contribution in [0.2, 0.25) is 0 Å². The van der Waals surface area contributed by atoms with Crippen LogP contribution in [-0.4, -0.2) is 21.8 Å². The average Bonchev–Trinajstić information content (AvgIpc) is 2.08. The fraction of sp³-hybridized carbons (Fsp3) is 0.300. The van der Waals surface area contributed by atoms with Gasteiger partial charge in [-0.1, -0.05) is 18.2 Å². The quantitative estimate of drug-likeness (QED) is 0.767. The van der Waals surface area contributed by atoms with E-state index in [4.69, 9.17) is 5.11 Å². The zero-order valence-electron chi connectivity index (χ0n) is 7.70. The van der Waals surface area contributed by atoms with E-state index in [1.54, 1.807) is 6.07 Å². The molecule has 0 heterocycles. The molecule has 1 rings (SSSR count). The van der Waals surface area contributed by atoms with Crippen LogP contribution in [0.25, 0.3) is 0 Å². The number of carbonyl (C=O) groups is 1. The number of hydrogen-bond donors (Lipinski definition) is 2. The van der Waals surface area contributed by atoms with Crippen molar-refractivity contribution in [3.8, 4) is 0 Å². The van der Waals surface area contributed by atoms with E-state index in [1.807, 2.05) is 0 Å². The van der Waals surface area contributed by atoms with Crippen LogP contribution in [0.15, 0.2) is 24.3 Å². The van der Waals surface area contributed by atoms with E-state index < -0.39 is 17.4 Å². The molecule has 76 valence electrons. The van der Waals surface area contributed by atoms with Gasteiger partial charge in [0.15, 0.2) is 5.60 Å². The maximum atomic E-state index is 13.1. The summed E-state index contributed by atoms with van der Waals surface area (Å²) in [4.78, 5) is 10.6. The number of aliphatic hydroxyl groups is 1. The molecule has 2 N–H and O–H groups in total. The Labute approximate surface area is 80.8 Å². The van der Waals surface area contributed by atoms with Gasteiger partial charge in [0.25, 0.3) is 0 Å². The molecule has 14 heavy (non-hydrogen) atoms. The number of hydrogen-bond acceptors (Lipinski definition) is 2. The Morgan fingerprint density at radius 3 is 2.57 bits per heavy atom. The van der Waals surface area contributed by atoms with E-state index in [9.17, 15) is 14.3 Å². The van der Waals surface area contributed by atoms with Gasteiger partial charge in [0.1, 0.15) is 5.82 Å². The van der Waals surface area contributed by atoms with E-state index >= 15 is 0 Å². The van der Waals surface area contributed by atoms with Gasteiger partial charge in [-0.3, -0.25) is 0 Å². The lowest BCUT2D eigenvalue weighted by Gasteiger charge is -2.17. The van der Waals surface area contributed by atoms with Gasteiger partial charge >= 0.3 is 5.97 Å². The molecule has 0 saturated heterocycles. The van der Waals surface area contributed by atoms with E-state index in [0.29, 0.717) is 0 Å². The highest BCUT2D eigenvalue weighted by Gasteiger charge is 2.30. The van der Waals surface area contributed by atoms with Gasteiger partial charge in [-0.15, -0.1) is 0 Å². The molecule has 0 spiro atoms. The maximum Gasteiger partial charge on any atom is 0.335 e.